The third kappa shape index (κ3) is 3.33. The number of fused-ring (bicyclic) bond motifs is 1. The molecule has 30 heavy (non-hydrogen) atoms. The molecule has 1 amide bonds. The summed E-state index contributed by atoms with van der Waals surface area (Å²) in [6.45, 7) is 3.76. The molecular weight excluding hydrogens is 378 g/mol. The Bertz CT molecular complexity index is 981. The molecule has 5 rings (SSSR count). The van der Waals surface area contributed by atoms with Crippen molar-refractivity contribution in [3.63, 3.8) is 0 Å². The summed E-state index contributed by atoms with van der Waals surface area (Å²) in [6.07, 6.45) is 6.45. The molecule has 2 fully saturated rings. The van der Waals surface area contributed by atoms with Crippen LogP contribution in [0.5, 0.6) is 5.88 Å². The van der Waals surface area contributed by atoms with Gasteiger partial charge in [0.1, 0.15) is 5.54 Å². The van der Waals surface area contributed by atoms with E-state index in [1.165, 1.54) is 16.7 Å². The number of carbonyl (C=O) groups is 1. The minimum Gasteiger partial charge on any atom is -0.481 e. The van der Waals surface area contributed by atoms with Gasteiger partial charge in [0, 0.05) is 45.0 Å². The molecule has 3 aliphatic rings. The third-order valence-electron chi connectivity index (χ3n) is 6.56. The van der Waals surface area contributed by atoms with Gasteiger partial charge in [-0.1, -0.05) is 30.3 Å². The molecule has 156 valence electrons. The monoisotopic (exact) mass is 405 g/mol. The summed E-state index contributed by atoms with van der Waals surface area (Å²) in [4.78, 5) is 26.5. The fraction of sp³-hybridized carbons (Fsp3) is 0.435. The molecule has 2 aliphatic heterocycles. The number of piperidine rings is 1. The first-order chi connectivity index (χ1) is 14.7. The molecule has 1 N–H and O–H groups in total. The molecule has 2 saturated heterocycles. The number of hydrogen-bond acceptors (Lipinski definition) is 6. The second-order valence-corrected chi connectivity index (χ2v) is 8.21. The van der Waals surface area contributed by atoms with Crippen LogP contribution >= 0.6 is 0 Å². The minimum atomic E-state index is -0.480. The van der Waals surface area contributed by atoms with Crippen molar-refractivity contribution in [1.82, 2.24) is 20.2 Å². The van der Waals surface area contributed by atoms with Gasteiger partial charge in [0.15, 0.2) is 0 Å². The van der Waals surface area contributed by atoms with Crippen LogP contribution in [0.2, 0.25) is 0 Å². The van der Waals surface area contributed by atoms with E-state index in [1.807, 2.05) is 4.90 Å². The minimum absolute atomic E-state index is 0.227. The van der Waals surface area contributed by atoms with E-state index >= 15 is 0 Å². The van der Waals surface area contributed by atoms with Gasteiger partial charge >= 0.3 is 0 Å². The second-order valence-electron chi connectivity index (χ2n) is 8.21. The zero-order valence-corrected chi connectivity index (χ0v) is 17.3. The van der Waals surface area contributed by atoms with Gasteiger partial charge in [0.2, 0.25) is 17.7 Å². The van der Waals surface area contributed by atoms with E-state index in [4.69, 9.17) is 4.74 Å². The predicted molar refractivity (Wildman–Crippen MR) is 115 cm³/mol. The van der Waals surface area contributed by atoms with E-state index in [0.717, 1.165) is 45.4 Å². The van der Waals surface area contributed by atoms with Gasteiger partial charge in [-0.05, 0) is 36.0 Å². The predicted octanol–water partition coefficient (Wildman–Crippen LogP) is 1.90. The number of methoxy groups -OCH3 is 1. The maximum absolute atomic E-state index is 13.5. The van der Waals surface area contributed by atoms with Gasteiger partial charge in [-0.3, -0.25) is 4.79 Å². The number of piperazine rings is 1. The Morgan fingerprint density at radius 2 is 2.00 bits per heavy atom. The number of amides is 1. The Labute approximate surface area is 176 Å². The number of carbonyl (C=O) groups excluding carboxylic acids is 1. The number of rotatable bonds is 4. The maximum Gasteiger partial charge on any atom is 0.243 e. The number of ether oxygens (including phenoxy) is 1. The van der Waals surface area contributed by atoms with E-state index in [0.29, 0.717) is 18.4 Å². The van der Waals surface area contributed by atoms with Crippen LogP contribution < -0.4 is 15.0 Å². The van der Waals surface area contributed by atoms with Crippen molar-refractivity contribution in [2.45, 2.75) is 24.8 Å². The molecule has 0 radical (unpaired) electrons. The van der Waals surface area contributed by atoms with E-state index in [9.17, 15) is 4.79 Å². The van der Waals surface area contributed by atoms with Gasteiger partial charge in [-0.2, -0.15) is 4.98 Å². The first kappa shape index (κ1) is 19.1. The van der Waals surface area contributed by atoms with E-state index in [1.54, 1.807) is 19.4 Å². The first-order valence-corrected chi connectivity index (χ1v) is 10.6. The molecule has 0 unspecified atom stereocenters. The number of benzene rings is 1. The topological polar surface area (TPSA) is 70.6 Å². The summed E-state index contributed by atoms with van der Waals surface area (Å²) in [6, 6.07) is 10.3. The lowest BCUT2D eigenvalue weighted by molar-refractivity contribution is -0.141. The number of nitrogens with one attached hydrogen (secondary N) is 1. The van der Waals surface area contributed by atoms with Crippen LogP contribution in [0.25, 0.3) is 5.57 Å². The largest absolute Gasteiger partial charge is 0.481 e. The van der Waals surface area contributed by atoms with Crippen molar-refractivity contribution in [2.24, 2.45) is 0 Å². The van der Waals surface area contributed by atoms with Crippen LogP contribution in [-0.2, 0) is 11.2 Å². The molecule has 1 aromatic heterocycles. The van der Waals surface area contributed by atoms with Gasteiger partial charge in [0.05, 0.1) is 7.11 Å². The van der Waals surface area contributed by atoms with Crippen LogP contribution in [0.3, 0.4) is 0 Å². The maximum atomic E-state index is 13.5. The summed E-state index contributed by atoms with van der Waals surface area (Å²) < 4.78 is 5.22. The van der Waals surface area contributed by atoms with Crippen molar-refractivity contribution < 1.29 is 9.53 Å². The Morgan fingerprint density at radius 1 is 1.17 bits per heavy atom. The third-order valence-corrected chi connectivity index (χ3v) is 6.56. The number of aromatic nitrogens is 2. The molecule has 2 aromatic rings. The van der Waals surface area contributed by atoms with Gasteiger partial charge < -0.3 is 19.9 Å². The van der Waals surface area contributed by atoms with Crippen molar-refractivity contribution in [1.29, 1.82) is 0 Å². The zero-order chi connectivity index (χ0) is 20.6. The van der Waals surface area contributed by atoms with E-state index in [-0.39, 0.29) is 5.91 Å². The lowest BCUT2D eigenvalue weighted by Gasteiger charge is -2.47. The van der Waals surface area contributed by atoms with E-state index in [2.05, 4.69) is 50.5 Å². The molecular formula is C23H27N5O2. The number of hydrogen-bond donors (Lipinski definition) is 1. The molecule has 1 aliphatic carbocycles. The van der Waals surface area contributed by atoms with Crippen molar-refractivity contribution >= 4 is 17.4 Å². The quantitative estimate of drug-likeness (QED) is 0.838. The summed E-state index contributed by atoms with van der Waals surface area (Å²) in [5, 5.41) is 3.55. The average Bonchev–Trinajstić information content (AvgIpc) is 3.20. The molecule has 3 heterocycles. The van der Waals surface area contributed by atoms with Gasteiger partial charge in [0.25, 0.3) is 0 Å². The standard InChI is InChI=1S/C23H27N5O2/c1-30-20-8-11-24-22(26-20)27-13-9-23(10-14-27)21(29)28(15-12-25-23)16-18-7-6-17-4-2-3-5-19(17)18/h2-5,7-8,11,25H,6,9-10,12-16H2,1H3. The molecule has 0 bridgehead atoms. The SMILES string of the molecule is COc1ccnc(N2CCC3(CC2)NCCN(CC2=CCc4ccccc42)C3=O)n1. The summed E-state index contributed by atoms with van der Waals surface area (Å²) >= 11 is 0. The number of allylic oxidation sites excluding steroid dienone is 1. The first-order valence-electron chi connectivity index (χ1n) is 10.6. The molecule has 7 nitrogen and oxygen atoms in total. The summed E-state index contributed by atoms with van der Waals surface area (Å²) in [7, 11) is 1.61. The Hall–Kier alpha value is -2.93. The Kier molecular flexibility index (Phi) is 4.90. The highest BCUT2D eigenvalue weighted by Gasteiger charge is 2.46. The lowest BCUT2D eigenvalue weighted by atomic mass is 9.84. The molecule has 1 aromatic carbocycles. The smallest absolute Gasteiger partial charge is 0.243 e. The summed E-state index contributed by atoms with van der Waals surface area (Å²) in [5.74, 6) is 1.45. The van der Waals surface area contributed by atoms with Crippen molar-refractivity contribution in [3.8, 4) is 5.88 Å². The van der Waals surface area contributed by atoms with Crippen LogP contribution in [0.1, 0.15) is 24.0 Å². The zero-order valence-electron chi connectivity index (χ0n) is 17.3. The molecule has 1 spiro atoms. The highest BCUT2D eigenvalue weighted by atomic mass is 16.5. The highest BCUT2D eigenvalue weighted by Crippen LogP contribution is 2.32. The normalized spacial score (nSPS) is 20.3. The van der Waals surface area contributed by atoms with Crippen molar-refractivity contribution in [3.05, 3.63) is 53.7 Å². The van der Waals surface area contributed by atoms with Crippen LogP contribution in [0.15, 0.2) is 42.6 Å². The van der Waals surface area contributed by atoms with Gasteiger partial charge in [-0.15, -0.1) is 0 Å². The van der Waals surface area contributed by atoms with Gasteiger partial charge in [-0.25, -0.2) is 4.98 Å². The van der Waals surface area contributed by atoms with E-state index < -0.39 is 5.54 Å². The van der Waals surface area contributed by atoms with Crippen LogP contribution in [0.4, 0.5) is 5.95 Å². The number of anilines is 1. The summed E-state index contributed by atoms with van der Waals surface area (Å²) in [5.41, 5.74) is 3.45. The van der Waals surface area contributed by atoms with Crippen LogP contribution in [-0.4, -0.2) is 66.1 Å². The lowest BCUT2D eigenvalue weighted by Crippen LogP contribution is -2.67. The fourth-order valence-electron chi connectivity index (χ4n) is 4.85. The number of nitrogens with zero attached hydrogens (tertiary/aromatic N) is 4. The fourth-order valence-corrected chi connectivity index (χ4v) is 4.85. The van der Waals surface area contributed by atoms with Crippen LogP contribution in [0, 0.1) is 0 Å². The Morgan fingerprint density at radius 3 is 2.83 bits per heavy atom. The average molecular weight is 406 g/mol. The molecule has 0 saturated carbocycles. The Balaban J connectivity index is 1.27. The highest BCUT2D eigenvalue weighted by molar-refractivity contribution is 5.89. The molecule has 7 heteroatoms. The molecule has 0 atom stereocenters. The second kappa shape index (κ2) is 7.72. The van der Waals surface area contributed by atoms with Crippen molar-refractivity contribution in [2.75, 3.05) is 44.7 Å².